The molecule has 0 bridgehead atoms. The molecule has 0 aliphatic heterocycles. The molecule has 0 aliphatic rings. The highest BCUT2D eigenvalue weighted by atomic mass is 32.1. The Labute approximate surface area is 134 Å². The summed E-state index contributed by atoms with van der Waals surface area (Å²) in [5.74, 6) is 1.70. The summed E-state index contributed by atoms with van der Waals surface area (Å²) in [6.07, 6.45) is 1.69. The minimum absolute atomic E-state index is 0.126. The predicted molar refractivity (Wildman–Crippen MR) is 84.0 cm³/mol. The molecule has 3 rings (SSSR count). The van der Waals surface area contributed by atoms with Gasteiger partial charge >= 0.3 is 4.94 Å². The fraction of sp³-hybridized carbons (Fsp3) is 0.214. The lowest BCUT2D eigenvalue weighted by Crippen LogP contribution is -2.05. The maximum Gasteiger partial charge on any atom is 0.414 e. The SMILES string of the molecule is CC(C)Oc1ccc(Oc2ncc(-c3nsc(=O)o3)s2)cc1. The van der Waals surface area contributed by atoms with E-state index in [2.05, 4.69) is 9.36 Å². The third kappa shape index (κ3) is 3.52. The molecule has 6 nitrogen and oxygen atoms in total. The molecule has 1 aromatic carbocycles. The first kappa shape index (κ1) is 14.7. The van der Waals surface area contributed by atoms with Crippen LogP contribution in [0.4, 0.5) is 0 Å². The van der Waals surface area contributed by atoms with Gasteiger partial charge in [-0.05, 0) is 38.1 Å². The summed E-state index contributed by atoms with van der Waals surface area (Å²) in [5, 5.41) is 0.447. The third-order valence-electron chi connectivity index (χ3n) is 2.48. The van der Waals surface area contributed by atoms with E-state index in [0.29, 0.717) is 15.8 Å². The summed E-state index contributed by atoms with van der Waals surface area (Å²) in [4.78, 5) is 15.3. The second-order valence-electron chi connectivity index (χ2n) is 4.57. The fourth-order valence-electron chi connectivity index (χ4n) is 1.65. The Morgan fingerprint density at radius 2 is 1.91 bits per heavy atom. The third-order valence-corrected chi connectivity index (χ3v) is 3.83. The highest BCUT2D eigenvalue weighted by Gasteiger charge is 2.12. The number of hydrogen-bond acceptors (Lipinski definition) is 8. The lowest BCUT2D eigenvalue weighted by atomic mass is 10.3. The average molecular weight is 336 g/mol. The summed E-state index contributed by atoms with van der Waals surface area (Å²) in [5.41, 5.74) is 0. The molecular formula is C14H12N2O4S2. The van der Waals surface area contributed by atoms with Crippen molar-refractivity contribution < 1.29 is 13.9 Å². The van der Waals surface area contributed by atoms with Crippen molar-refractivity contribution in [3.8, 4) is 27.5 Å². The zero-order chi connectivity index (χ0) is 15.5. The van der Waals surface area contributed by atoms with Gasteiger partial charge in [0.05, 0.1) is 23.8 Å². The molecule has 22 heavy (non-hydrogen) atoms. The van der Waals surface area contributed by atoms with Crippen LogP contribution in [0.2, 0.25) is 0 Å². The molecule has 0 amide bonds. The van der Waals surface area contributed by atoms with Gasteiger partial charge in [-0.2, -0.15) is 0 Å². The van der Waals surface area contributed by atoms with Crippen molar-refractivity contribution in [1.82, 2.24) is 9.36 Å². The Balaban J connectivity index is 1.71. The van der Waals surface area contributed by atoms with Crippen LogP contribution < -0.4 is 14.4 Å². The summed E-state index contributed by atoms with van der Waals surface area (Å²) >= 11 is 2.03. The minimum Gasteiger partial charge on any atom is -0.491 e. The van der Waals surface area contributed by atoms with Gasteiger partial charge in [0.15, 0.2) is 0 Å². The van der Waals surface area contributed by atoms with E-state index in [1.165, 1.54) is 11.3 Å². The van der Waals surface area contributed by atoms with Crippen molar-refractivity contribution in [3.05, 3.63) is 40.2 Å². The lowest BCUT2D eigenvalue weighted by molar-refractivity contribution is 0.242. The molecule has 2 aromatic heterocycles. The zero-order valence-electron chi connectivity index (χ0n) is 11.8. The van der Waals surface area contributed by atoms with E-state index < -0.39 is 4.94 Å². The van der Waals surface area contributed by atoms with Gasteiger partial charge in [-0.1, -0.05) is 11.3 Å². The second-order valence-corrected chi connectivity index (χ2v) is 6.26. The van der Waals surface area contributed by atoms with Gasteiger partial charge in [0, 0.05) is 0 Å². The van der Waals surface area contributed by atoms with E-state index in [1.807, 2.05) is 38.1 Å². The number of hydrogen-bond donors (Lipinski definition) is 0. The second kappa shape index (κ2) is 6.29. The maximum atomic E-state index is 11.0. The number of benzene rings is 1. The number of thiazole rings is 1. The Kier molecular flexibility index (Phi) is 4.21. The van der Waals surface area contributed by atoms with E-state index in [4.69, 9.17) is 13.9 Å². The summed E-state index contributed by atoms with van der Waals surface area (Å²) in [6.45, 7) is 3.94. The smallest absolute Gasteiger partial charge is 0.414 e. The molecule has 2 heterocycles. The standard InChI is InChI=1S/C14H12N2O4S2/c1-8(2)18-9-3-5-10(6-4-9)19-13-15-7-11(21-13)12-16-22-14(17)20-12/h3-8H,1-2H3. The van der Waals surface area contributed by atoms with Crippen LogP contribution in [0.5, 0.6) is 16.7 Å². The van der Waals surface area contributed by atoms with Gasteiger partial charge in [0.1, 0.15) is 16.4 Å². The monoisotopic (exact) mass is 336 g/mol. The van der Waals surface area contributed by atoms with Crippen LogP contribution in [-0.2, 0) is 0 Å². The number of ether oxygens (including phenoxy) is 2. The molecular weight excluding hydrogens is 324 g/mol. The van der Waals surface area contributed by atoms with Gasteiger partial charge in [-0.3, -0.25) is 0 Å². The molecule has 114 valence electrons. The zero-order valence-corrected chi connectivity index (χ0v) is 13.4. The van der Waals surface area contributed by atoms with E-state index in [9.17, 15) is 4.79 Å². The first-order valence-corrected chi connectivity index (χ1v) is 8.07. The van der Waals surface area contributed by atoms with E-state index in [1.54, 1.807) is 6.20 Å². The number of aromatic nitrogens is 2. The molecule has 0 unspecified atom stereocenters. The van der Waals surface area contributed by atoms with Crippen molar-refractivity contribution in [2.45, 2.75) is 20.0 Å². The van der Waals surface area contributed by atoms with Crippen LogP contribution in [0.25, 0.3) is 10.8 Å². The van der Waals surface area contributed by atoms with Crippen LogP contribution in [0, 0.1) is 0 Å². The van der Waals surface area contributed by atoms with Gasteiger partial charge < -0.3 is 13.9 Å². The molecule has 0 radical (unpaired) electrons. The van der Waals surface area contributed by atoms with Crippen LogP contribution in [-0.4, -0.2) is 15.5 Å². The Morgan fingerprint density at radius 3 is 2.55 bits per heavy atom. The summed E-state index contributed by atoms with van der Waals surface area (Å²) in [7, 11) is 0. The predicted octanol–water partition coefficient (Wildman–Crippen LogP) is 3.80. The quantitative estimate of drug-likeness (QED) is 0.705. The van der Waals surface area contributed by atoms with Gasteiger partial charge in [0.25, 0.3) is 11.1 Å². The van der Waals surface area contributed by atoms with Crippen molar-refractivity contribution >= 4 is 22.9 Å². The maximum absolute atomic E-state index is 11.0. The minimum atomic E-state index is -0.438. The summed E-state index contributed by atoms with van der Waals surface area (Å²) in [6, 6.07) is 7.29. The lowest BCUT2D eigenvalue weighted by Gasteiger charge is -2.09. The van der Waals surface area contributed by atoms with E-state index >= 15 is 0 Å². The van der Waals surface area contributed by atoms with Crippen LogP contribution >= 0.6 is 22.9 Å². The van der Waals surface area contributed by atoms with Gasteiger partial charge in [0.2, 0.25) is 0 Å². The molecule has 0 atom stereocenters. The molecule has 0 N–H and O–H groups in total. The topological polar surface area (TPSA) is 74.5 Å². The van der Waals surface area contributed by atoms with E-state index in [0.717, 1.165) is 17.3 Å². The largest absolute Gasteiger partial charge is 0.491 e. The Morgan fingerprint density at radius 1 is 1.18 bits per heavy atom. The molecule has 0 aliphatic carbocycles. The van der Waals surface area contributed by atoms with Crippen molar-refractivity contribution in [2.24, 2.45) is 0 Å². The Hall–Kier alpha value is -2.19. The molecule has 8 heteroatoms. The van der Waals surface area contributed by atoms with Crippen molar-refractivity contribution in [3.63, 3.8) is 0 Å². The number of nitrogens with zero attached hydrogens (tertiary/aromatic N) is 2. The highest BCUT2D eigenvalue weighted by Crippen LogP contribution is 2.32. The van der Waals surface area contributed by atoms with Gasteiger partial charge in [-0.25, -0.2) is 9.78 Å². The average Bonchev–Trinajstić information content (AvgIpc) is 3.09. The number of rotatable bonds is 5. The van der Waals surface area contributed by atoms with Crippen LogP contribution in [0.15, 0.2) is 39.7 Å². The Bertz CT molecular complexity index is 805. The molecule has 0 fully saturated rings. The molecule has 0 saturated heterocycles. The van der Waals surface area contributed by atoms with Crippen molar-refractivity contribution in [2.75, 3.05) is 0 Å². The molecule has 0 spiro atoms. The van der Waals surface area contributed by atoms with E-state index in [-0.39, 0.29) is 12.0 Å². The normalized spacial score (nSPS) is 10.9. The van der Waals surface area contributed by atoms with Gasteiger partial charge in [-0.15, -0.1) is 4.37 Å². The summed E-state index contributed by atoms with van der Waals surface area (Å²) < 4.78 is 20.1. The molecule has 3 aromatic rings. The first-order valence-electron chi connectivity index (χ1n) is 6.48. The highest BCUT2D eigenvalue weighted by molar-refractivity contribution is 7.16. The molecule has 0 saturated carbocycles. The van der Waals surface area contributed by atoms with Crippen LogP contribution in [0.3, 0.4) is 0 Å². The van der Waals surface area contributed by atoms with Crippen molar-refractivity contribution in [1.29, 1.82) is 0 Å². The first-order chi connectivity index (χ1) is 10.6. The van der Waals surface area contributed by atoms with Crippen LogP contribution in [0.1, 0.15) is 13.8 Å². The fourth-order valence-corrected chi connectivity index (χ4v) is 2.83.